The van der Waals surface area contributed by atoms with Crippen LogP contribution < -0.4 is 4.90 Å². The van der Waals surface area contributed by atoms with Crippen LogP contribution in [0.1, 0.15) is 36.1 Å². The van der Waals surface area contributed by atoms with E-state index in [4.69, 9.17) is 4.98 Å². The fourth-order valence-corrected chi connectivity index (χ4v) is 4.94. The Balaban J connectivity index is 1.34. The van der Waals surface area contributed by atoms with Crippen molar-refractivity contribution in [2.24, 2.45) is 0 Å². The quantitative estimate of drug-likeness (QED) is 0.687. The number of anilines is 1. The fourth-order valence-electron chi connectivity index (χ4n) is 4.94. The van der Waals surface area contributed by atoms with E-state index in [2.05, 4.69) is 45.4 Å². The molecule has 2 aliphatic rings. The Labute approximate surface area is 172 Å². The lowest BCUT2D eigenvalue weighted by Gasteiger charge is -2.40. The van der Waals surface area contributed by atoms with Gasteiger partial charge in [-0.25, -0.2) is 14.6 Å². The summed E-state index contributed by atoms with van der Waals surface area (Å²) in [6.45, 7) is 3.23. The summed E-state index contributed by atoms with van der Waals surface area (Å²) < 4.78 is 1.90. The van der Waals surface area contributed by atoms with Gasteiger partial charge in [0.25, 0.3) is 0 Å². The van der Waals surface area contributed by atoms with E-state index in [9.17, 15) is 0 Å². The number of hydrogen-bond acceptors (Lipinski definition) is 5. The van der Waals surface area contributed by atoms with Gasteiger partial charge >= 0.3 is 0 Å². The zero-order chi connectivity index (χ0) is 19.8. The van der Waals surface area contributed by atoms with Crippen LogP contribution in [0.2, 0.25) is 0 Å². The van der Waals surface area contributed by atoms with Crippen molar-refractivity contribution >= 4 is 5.95 Å². The normalized spacial score (nSPS) is 21.4. The highest BCUT2D eigenvalue weighted by atomic mass is 15.3. The van der Waals surface area contributed by atoms with E-state index in [1.807, 2.05) is 42.1 Å². The minimum absolute atomic E-state index is 0.191. The van der Waals surface area contributed by atoms with Gasteiger partial charge in [0.05, 0.1) is 11.4 Å². The van der Waals surface area contributed by atoms with Gasteiger partial charge in [0.2, 0.25) is 5.95 Å². The topological polar surface area (TPSA) is 50.1 Å². The third-order valence-corrected chi connectivity index (χ3v) is 6.39. The first-order valence-corrected chi connectivity index (χ1v) is 10.5. The van der Waals surface area contributed by atoms with E-state index in [-0.39, 0.29) is 5.41 Å². The summed E-state index contributed by atoms with van der Waals surface area (Å²) in [6.07, 6.45) is 10.6. The molecule has 5 rings (SSSR count). The van der Waals surface area contributed by atoms with E-state index < -0.39 is 0 Å². The van der Waals surface area contributed by atoms with Crippen molar-refractivity contribution in [2.45, 2.75) is 37.6 Å². The Morgan fingerprint density at radius 1 is 1.14 bits per heavy atom. The molecule has 6 heteroatoms. The molecule has 0 saturated carbocycles. The van der Waals surface area contributed by atoms with E-state index in [0.29, 0.717) is 0 Å². The molecule has 1 saturated heterocycles. The molecule has 29 heavy (non-hydrogen) atoms. The standard InChI is InChI=1S/C23H28N6/c1-27(2)22-24-15-19-9-11-23(21(19)26-22)10-3-13-28(17-23)16-18-5-7-20(8-6-18)29-14-4-12-25-29/h4-8,12,14-15H,3,9-11,13,16-17H2,1-2H3. The van der Waals surface area contributed by atoms with Gasteiger partial charge in [0.15, 0.2) is 0 Å². The van der Waals surface area contributed by atoms with Gasteiger partial charge in [-0.1, -0.05) is 12.1 Å². The number of hydrogen-bond donors (Lipinski definition) is 0. The third kappa shape index (κ3) is 3.42. The molecule has 0 bridgehead atoms. The SMILES string of the molecule is CN(C)c1ncc2c(n1)C1(CCCN(Cc3ccc(-n4cccn4)cc3)C1)CC2. The summed E-state index contributed by atoms with van der Waals surface area (Å²) in [5.74, 6) is 0.830. The third-order valence-electron chi connectivity index (χ3n) is 6.39. The molecule has 1 aliphatic heterocycles. The number of piperidine rings is 1. The number of rotatable bonds is 4. The highest BCUT2D eigenvalue weighted by Gasteiger charge is 2.43. The molecule has 0 amide bonds. The molecule has 3 aromatic rings. The lowest BCUT2D eigenvalue weighted by Crippen LogP contribution is -2.45. The van der Waals surface area contributed by atoms with Crippen LogP contribution in [-0.4, -0.2) is 51.8 Å². The second kappa shape index (κ2) is 7.26. The number of aryl methyl sites for hydroxylation is 1. The summed E-state index contributed by atoms with van der Waals surface area (Å²) in [6, 6.07) is 10.7. The lowest BCUT2D eigenvalue weighted by atomic mass is 9.77. The van der Waals surface area contributed by atoms with Gasteiger partial charge in [-0.3, -0.25) is 4.90 Å². The largest absolute Gasteiger partial charge is 0.347 e. The molecular formula is C23H28N6. The number of likely N-dealkylation sites (tertiary alicyclic amines) is 1. The molecule has 150 valence electrons. The van der Waals surface area contributed by atoms with Crippen LogP contribution in [0, 0.1) is 0 Å². The van der Waals surface area contributed by atoms with Crippen LogP contribution in [0.25, 0.3) is 5.69 Å². The average Bonchev–Trinajstić information content (AvgIpc) is 3.38. The van der Waals surface area contributed by atoms with Crippen molar-refractivity contribution in [1.82, 2.24) is 24.6 Å². The van der Waals surface area contributed by atoms with Crippen LogP contribution in [0.4, 0.5) is 5.95 Å². The maximum Gasteiger partial charge on any atom is 0.225 e. The van der Waals surface area contributed by atoms with Crippen LogP contribution in [0.3, 0.4) is 0 Å². The molecule has 1 spiro atoms. The first-order valence-electron chi connectivity index (χ1n) is 10.5. The first-order chi connectivity index (χ1) is 14.1. The molecule has 1 unspecified atom stereocenters. The Morgan fingerprint density at radius 3 is 2.76 bits per heavy atom. The summed E-state index contributed by atoms with van der Waals surface area (Å²) >= 11 is 0. The van der Waals surface area contributed by atoms with Crippen molar-refractivity contribution in [3.8, 4) is 5.69 Å². The highest BCUT2D eigenvalue weighted by molar-refractivity contribution is 5.40. The maximum absolute atomic E-state index is 4.99. The Morgan fingerprint density at radius 2 is 2.00 bits per heavy atom. The molecule has 0 radical (unpaired) electrons. The Bertz CT molecular complexity index is 975. The van der Waals surface area contributed by atoms with Crippen molar-refractivity contribution in [2.75, 3.05) is 32.1 Å². The number of fused-ring (bicyclic) bond motifs is 2. The zero-order valence-electron chi connectivity index (χ0n) is 17.3. The highest BCUT2D eigenvalue weighted by Crippen LogP contribution is 2.44. The lowest BCUT2D eigenvalue weighted by molar-refractivity contribution is 0.137. The minimum Gasteiger partial charge on any atom is -0.347 e. The molecule has 6 nitrogen and oxygen atoms in total. The van der Waals surface area contributed by atoms with Crippen LogP contribution >= 0.6 is 0 Å². The van der Waals surface area contributed by atoms with Gasteiger partial charge in [-0.2, -0.15) is 5.10 Å². The van der Waals surface area contributed by atoms with Gasteiger partial charge in [0.1, 0.15) is 0 Å². The summed E-state index contributed by atoms with van der Waals surface area (Å²) in [5.41, 5.74) is 5.30. The Hall–Kier alpha value is -2.73. The molecule has 1 aliphatic carbocycles. The second-order valence-electron chi connectivity index (χ2n) is 8.65. The van der Waals surface area contributed by atoms with Crippen LogP contribution in [0.15, 0.2) is 48.9 Å². The predicted octanol–water partition coefficient (Wildman–Crippen LogP) is 3.21. The minimum atomic E-state index is 0.191. The van der Waals surface area contributed by atoms with Crippen LogP contribution in [-0.2, 0) is 18.4 Å². The van der Waals surface area contributed by atoms with E-state index in [1.54, 1.807) is 0 Å². The smallest absolute Gasteiger partial charge is 0.225 e. The Kier molecular flexibility index (Phi) is 4.59. The number of aromatic nitrogens is 4. The molecule has 3 heterocycles. The van der Waals surface area contributed by atoms with Crippen molar-refractivity contribution in [3.63, 3.8) is 0 Å². The van der Waals surface area contributed by atoms with Gasteiger partial charge in [0, 0.05) is 51.2 Å². The average molecular weight is 389 g/mol. The molecular weight excluding hydrogens is 360 g/mol. The summed E-state index contributed by atoms with van der Waals surface area (Å²) in [5, 5.41) is 4.31. The predicted molar refractivity (Wildman–Crippen MR) is 114 cm³/mol. The summed E-state index contributed by atoms with van der Waals surface area (Å²) in [7, 11) is 4.03. The van der Waals surface area contributed by atoms with Crippen molar-refractivity contribution in [3.05, 3.63) is 65.7 Å². The molecule has 1 atom stereocenters. The van der Waals surface area contributed by atoms with E-state index >= 15 is 0 Å². The molecule has 2 aromatic heterocycles. The van der Waals surface area contributed by atoms with Gasteiger partial charge in [-0.15, -0.1) is 0 Å². The summed E-state index contributed by atoms with van der Waals surface area (Å²) in [4.78, 5) is 14.1. The number of nitrogens with zero attached hydrogens (tertiary/aromatic N) is 6. The number of benzene rings is 1. The van der Waals surface area contributed by atoms with Crippen LogP contribution in [0.5, 0.6) is 0 Å². The maximum atomic E-state index is 4.99. The van der Waals surface area contributed by atoms with Gasteiger partial charge in [-0.05, 0) is 61.6 Å². The fraction of sp³-hybridized carbons (Fsp3) is 0.435. The van der Waals surface area contributed by atoms with Gasteiger partial charge < -0.3 is 4.90 Å². The van der Waals surface area contributed by atoms with Crippen molar-refractivity contribution < 1.29 is 0 Å². The van der Waals surface area contributed by atoms with Crippen molar-refractivity contribution in [1.29, 1.82) is 0 Å². The molecule has 1 fully saturated rings. The first kappa shape index (κ1) is 18.3. The molecule has 0 N–H and O–H groups in total. The monoisotopic (exact) mass is 388 g/mol. The van der Waals surface area contributed by atoms with E-state index in [1.165, 1.54) is 36.1 Å². The second-order valence-corrected chi connectivity index (χ2v) is 8.65. The van der Waals surface area contributed by atoms with E-state index in [0.717, 1.165) is 37.7 Å². The molecule has 1 aromatic carbocycles. The zero-order valence-corrected chi connectivity index (χ0v) is 17.3.